The Morgan fingerprint density at radius 1 is 1.26 bits per heavy atom. The summed E-state index contributed by atoms with van der Waals surface area (Å²) in [6, 6.07) is 4.12. The highest BCUT2D eigenvalue weighted by Gasteiger charge is 2.42. The number of amides is 1. The van der Waals surface area contributed by atoms with Crippen LogP contribution in [0.3, 0.4) is 0 Å². The molecule has 0 radical (unpaired) electrons. The zero-order valence-corrected chi connectivity index (χ0v) is 17.0. The van der Waals surface area contributed by atoms with E-state index in [1.54, 1.807) is 21.1 Å². The Bertz CT molecular complexity index is 668. The van der Waals surface area contributed by atoms with E-state index in [9.17, 15) is 4.79 Å². The molecule has 0 bridgehead atoms. The van der Waals surface area contributed by atoms with E-state index in [4.69, 9.17) is 14.2 Å². The predicted molar refractivity (Wildman–Crippen MR) is 104 cm³/mol. The molecule has 2 fully saturated rings. The fourth-order valence-electron chi connectivity index (χ4n) is 4.38. The highest BCUT2D eigenvalue weighted by Crippen LogP contribution is 2.39. The van der Waals surface area contributed by atoms with Crippen LogP contribution in [0.5, 0.6) is 11.5 Å². The van der Waals surface area contributed by atoms with E-state index in [2.05, 4.69) is 16.3 Å². The van der Waals surface area contributed by atoms with Gasteiger partial charge in [0.25, 0.3) is 0 Å². The zero-order chi connectivity index (χ0) is 19.4. The number of carbonyl (C=O) groups is 1. The summed E-state index contributed by atoms with van der Waals surface area (Å²) in [5, 5.41) is 2.88. The summed E-state index contributed by atoms with van der Waals surface area (Å²) in [5.74, 6) is 1.79. The van der Waals surface area contributed by atoms with Crippen LogP contribution < -0.4 is 14.8 Å². The van der Waals surface area contributed by atoms with E-state index in [-0.39, 0.29) is 17.6 Å². The first kappa shape index (κ1) is 20.0. The first-order valence-corrected chi connectivity index (χ1v) is 9.81. The van der Waals surface area contributed by atoms with Gasteiger partial charge >= 0.3 is 0 Å². The van der Waals surface area contributed by atoms with Crippen molar-refractivity contribution in [3.63, 3.8) is 0 Å². The molecule has 1 amide bonds. The third-order valence-corrected chi connectivity index (χ3v) is 5.94. The molecule has 6 heteroatoms. The van der Waals surface area contributed by atoms with Crippen LogP contribution in [0.1, 0.15) is 43.7 Å². The van der Waals surface area contributed by atoms with E-state index >= 15 is 0 Å². The van der Waals surface area contributed by atoms with Gasteiger partial charge in [-0.15, -0.1) is 0 Å². The van der Waals surface area contributed by atoms with Crippen LogP contribution in [0.25, 0.3) is 0 Å². The van der Waals surface area contributed by atoms with Crippen molar-refractivity contribution in [2.75, 3.05) is 33.9 Å². The molecule has 2 aliphatic heterocycles. The van der Waals surface area contributed by atoms with Crippen molar-refractivity contribution in [3.8, 4) is 11.5 Å². The molecule has 6 nitrogen and oxygen atoms in total. The molecule has 0 aliphatic carbocycles. The summed E-state index contributed by atoms with van der Waals surface area (Å²) in [6.07, 6.45) is 4.37. The van der Waals surface area contributed by atoms with E-state index in [0.29, 0.717) is 6.54 Å². The van der Waals surface area contributed by atoms with Crippen molar-refractivity contribution >= 4 is 5.91 Å². The number of nitrogens with one attached hydrogen (secondary N) is 1. The summed E-state index contributed by atoms with van der Waals surface area (Å²) in [6.45, 7) is 7.12. The molecular formula is C21H32N2O4. The van der Waals surface area contributed by atoms with E-state index in [0.717, 1.165) is 62.4 Å². The molecule has 0 saturated carbocycles. The number of likely N-dealkylation sites (tertiary alicyclic amines) is 1. The SMILES string of the molecule is COc1ccc(CN2CCC3(CCC(CNC(C)=O)O3)CC2)c(OC)c1C. The van der Waals surface area contributed by atoms with Crippen molar-refractivity contribution in [3.05, 3.63) is 23.3 Å². The quantitative estimate of drug-likeness (QED) is 0.827. The van der Waals surface area contributed by atoms with Gasteiger partial charge in [0.05, 0.1) is 25.9 Å². The molecule has 2 saturated heterocycles. The predicted octanol–water partition coefficient (Wildman–Crippen LogP) is 2.66. The van der Waals surface area contributed by atoms with Crippen LogP contribution in [0.2, 0.25) is 0 Å². The average Bonchev–Trinajstić information content (AvgIpc) is 3.05. The number of benzene rings is 1. The summed E-state index contributed by atoms with van der Waals surface area (Å²) >= 11 is 0. The molecule has 1 N–H and O–H groups in total. The van der Waals surface area contributed by atoms with E-state index in [1.165, 1.54) is 5.56 Å². The van der Waals surface area contributed by atoms with Gasteiger partial charge in [0.2, 0.25) is 5.91 Å². The molecule has 27 heavy (non-hydrogen) atoms. The lowest BCUT2D eigenvalue weighted by atomic mass is 9.88. The minimum Gasteiger partial charge on any atom is -0.496 e. The topological polar surface area (TPSA) is 60.0 Å². The van der Waals surface area contributed by atoms with Gasteiger partial charge in [-0.3, -0.25) is 9.69 Å². The van der Waals surface area contributed by atoms with Gasteiger partial charge in [-0.1, -0.05) is 6.07 Å². The number of nitrogens with zero attached hydrogens (tertiary/aromatic N) is 1. The maximum absolute atomic E-state index is 11.1. The molecular weight excluding hydrogens is 344 g/mol. The van der Waals surface area contributed by atoms with Gasteiger partial charge < -0.3 is 19.5 Å². The lowest BCUT2D eigenvalue weighted by Crippen LogP contribution is -2.44. The lowest BCUT2D eigenvalue weighted by molar-refractivity contribution is -0.120. The van der Waals surface area contributed by atoms with Gasteiger partial charge in [-0.05, 0) is 38.7 Å². The number of hydrogen-bond donors (Lipinski definition) is 1. The molecule has 0 aromatic heterocycles. The molecule has 1 spiro atoms. The summed E-state index contributed by atoms with van der Waals surface area (Å²) in [5.41, 5.74) is 2.24. The van der Waals surface area contributed by atoms with Crippen molar-refractivity contribution in [1.82, 2.24) is 10.2 Å². The molecule has 1 aromatic carbocycles. The Labute approximate surface area is 162 Å². The fraction of sp³-hybridized carbons (Fsp3) is 0.667. The van der Waals surface area contributed by atoms with Crippen LogP contribution in [0.4, 0.5) is 0 Å². The first-order chi connectivity index (χ1) is 13.0. The molecule has 2 heterocycles. The van der Waals surface area contributed by atoms with E-state index < -0.39 is 0 Å². The van der Waals surface area contributed by atoms with E-state index in [1.807, 2.05) is 13.0 Å². The maximum atomic E-state index is 11.1. The smallest absolute Gasteiger partial charge is 0.216 e. The number of carbonyl (C=O) groups excluding carboxylic acids is 1. The Morgan fingerprint density at radius 3 is 2.63 bits per heavy atom. The largest absolute Gasteiger partial charge is 0.496 e. The second-order valence-corrected chi connectivity index (χ2v) is 7.76. The van der Waals surface area contributed by atoms with Gasteiger partial charge in [0, 0.05) is 44.2 Å². The molecule has 150 valence electrons. The minimum absolute atomic E-state index is 0.000450. The van der Waals surface area contributed by atoms with Gasteiger partial charge in [0.1, 0.15) is 11.5 Å². The van der Waals surface area contributed by atoms with Crippen LogP contribution in [0.15, 0.2) is 12.1 Å². The van der Waals surface area contributed by atoms with Crippen LogP contribution >= 0.6 is 0 Å². The standard InChI is InChI=1S/C21H32N2O4/c1-15-19(25-3)6-5-17(20(15)26-4)14-23-11-9-21(10-12-23)8-7-18(27-21)13-22-16(2)24/h5-6,18H,7-14H2,1-4H3,(H,22,24). The Kier molecular flexibility index (Phi) is 6.27. The average molecular weight is 376 g/mol. The molecule has 1 aromatic rings. The first-order valence-electron chi connectivity index (χ1n) is 9.81. The third-order valence-electron chi connectivity index (χ3n) is 5.94. The summed E-state index contributed by atoms with van der Waals surface area (Å²) in [7, 11) is 3.41. The highest BCUT2D eigenvalue weighted by molar-refractivity contribution is 5.72. The van der Waals surface area contributed by atoms with Crippen molar-refractivity contribution in [2.24, 2.45) is 0 Å². The van der Waals surface area contributed by atoms with Gasteiger partial charge in [-0.25, -0.2) is 0 Å². The molecule has 1 atom stereocenters. The third kappa shape index (κ3) is 4.55. The van der Waals surface area contributed by atoms with Gasteiger partial charge in [0.15, 0.2) is 0 Å². The van der Waals surface area contributed by atoms with Crippen molar-refractivity contribution in [2.45, 2.75) is 57.8 Å². The number of methoxy groups -OCH3 is 2. The zero-order valence-electron chi connectivity index (χ0n) is 17.0. The molecule has 1 unspecified atom stereocenters. The monoisotopic (exact) mass is 376 g/mol. The summed E-state index contributed by atoms with van der Waals surface area (Å²) < 4.78 is 17.4. The second-order valence-electron chi connectivity index (χ2n) is 7.76. The molecule has 3 rings (SSSR count). The number of ether oxygens (including phenoxy) is 3. The minimum atomic E-state index is -0.000450. The maximum Gasteiger partial charge on any atom is 0.216 e. The number of rotatable bonds is 6. The number of piperidine rings is 1. The van der Waals surface area contributed by atoms with Crippen molar-refractivity contribution < 1.29 is 19.0 Å². The lowest BCUT2D eigenvalue weighted by Gasteiger charge is -2.39. The Morgan fingerprint density at radius 2 is 2.00 bits per heavy atom. The van der Waals surface area contributed by atoms with Crippen LogP contribution in [-0.4, -0.2) is 56.4 Å². The second kappa shape index (κ2) is 8.48. The molecule has 2 aliphatic rings. The van der Waals surface area contributed by atoms with Gasteiger partial charge in [-0.2, -0.15) is 0 Å². The summed E-state index contributed by atoms with van der Waals surface area (Å²) in [4.78, 5) is 13.6. The highest BCUT2D eigenvalue weighted by atomic mass is 16.5. The normalized spacial score (nSPS) is 22.0. The van der Waals surface area contributed by atoms with Crippen molar-refractivity contribution in [1.29, 1.82) is 0 Å². The Hall–Kier alpha value is -1.79. The number of hydrogen-bond acceptors (Lipinski definition) is 5. The fourth-order valence-corrected chi connectivity index (χ4v) is 4.38. The Balaban J connectivity index is 1.56. The van der Waals surface area contributed by atoms with Crippen LogP contribution in [0, 0.1) is 6.92 Å². The van der Waals surface area contributed by atoms with Crippen LogP contribution in [-0.2, 0) is 16.1 Å².